The smallest absolute Gasteiger partial charge is 0.0256 e. The first-order valence-electron chi connectivity index (χ1n) is 14.0. The molecule has 6 aromatic carbocycles. The minimum Gasteiger partial charge on any atom is -0.347 e. The maximum absolute atomic E-state index is 16.7. The van der Waals surface area contributed by atoms with Gasteiger partial charge in [-0.15, -0.1) is 23.0 Å². The zero-order valence-corrected chi connectivity index (χ0v) is 26.9. The van der Waals surface area contributed by atoms with Crippen molar-refractivity contribution < 1.29 is 9.13 Å². The summed E-state index contributed by atoms with van der Waals surface area (Å²) in [5, 5.41) is 4.60. The van der Waals surface area contributed by atoms with Gasteiger partial charge >= 0.3 is 0 Å². The highest BCUT2D eigenvalue weighted by Crippen LogP contribution is 2.85. The van der Waals surface area contributed by atoms with Crippen LogP contribution in [0.5, 0.6) is 0 Å². The second-order valence-corrected chi connectivity index (χ2v) is 20.9. The van der Waals surface area contributed by atoms with Crippen LogP contribution in [0.15, 0.2) is 182 Å². The Hall–Kier alpha value is -3.57. The van der Waals surface area contributed by atoms with Gasteiger partial charge in [0.1, 0.15) is 0 Å². The van der Waals surface area contributed by atoms with Gasteiger partial charge in [0, 0.05) is 14.3 Å². The summed E-state index contributed by atoms with van der Waals surface area (Å²) in [4.78, 5) is 0. The first-order chi connectivity index (χ1) is 21.0. The molecule has 2 nitrogen and oxygen atoms in total. The lowest BCUT2D eigenvalue weighted by atomic mass is 10.4. The van der Waals surface area contributed by atoms with Gasteiger partial charge in [-0.3, -0.25) is 0 Å². The number of rotatable bonds is 9. The van der Waals surface area contributed by atoms with E-state index >= 15 is 9.13 Å². The summed E-state index contributed by atoms with van der Waals surface area (Å²) in [7, 11) is -7.68. The Morgan fingerprint density at radius 1 is 0.326 bits per heavy atom. The molecule has 0 radical (unpaired) electrons. The monoisotopic (exact) mass is 631 g/mol. The molecule has 6 aromatic rings. The maximum Gasteiger partial charge on any atom is 0.0256 e. The number of hydrogen-bond acceptors (Lipinski definition) is 3. The van der Waals surface area contributed by atoms with E-state index in [9.17, 15) is 0 Å². The SMILES string of the molecule is O=P(c1ccccc1)(c1ccccc1)[C-](P(=O)(c1ccccc1)c1ccccc1)P(=S)(c1ccccc1)c1ccccc1. The van der Waals surface area contributed by atoms with Gasteiger partial charge in [0.25, 0.3) is 0 Å². The Bertz CT molecular complexity index is 1570. The van der Waals surface area contributed by atoms with Crippen LogP contribution in [0.3, 0.4) is 0 Å². The second-order valence-electron chi connectivity index (χ2n) is 10.1. The zero-order chi connectivity index (χ0) is 29.8. The third-order valence-electron chi connectivity index (χ3n) is 7.56. The summed E-state index contributed by atoms with van der Waals surface area (Å²) in [5.41, 5.74) is 0. The molecule has 0 N–H and O–H groups in total. The van der Waals surface area contributed by atoms with E-state index in [-0.39, 0.29) is 0 Å². The van der Waals surface area contributed by atoms with Crippen molar-refractivity contribution in [3.63, 3.8) is 0 Å². The molecule has 0 fully saturated rings. The van der Waals surface area contributed by atoms with Crippen molar-refractivity contribution in [2.75, 3.05) is 0 Å². The van der Waals surface area contributed by atoms with Crippen LogP contribution in [0.25, 0.3) is 0 Å². The zero-order valence-electron chi connectivity index (χ0n) is 23.4. The predicted octanol–water partition coefficient (Wildman–Crippen LogP) is 7.59. The van der Waals surface area contributed by atoms with Gasteiger partial charge in [-0.25, -0.2) is 0 Å². The molecule has 0 amide bonds. The molecule has 0 atom stereocenters. The van der Waals surface area contributed by atoms with E-state index in [1.54, 1.807) is 0 Å². The summed E-state index contributed by atoms with van der Waals surface area (Å²) in [5.74, 6) is 0. The van der Waals surface area contributed by atoms with Crippen molar-refractivity contribution in [1.82, 2.24) is 0 Å². The topological polar surface area (TPSA) is 34.1 Å². The van der Waals surface area contributed by atoms with Crippen molar-refractivity contribution in [3.05, 3.63) is 187 Å². The molecular formula is C37H30O2P3S-. The third kappa shape index (κ3) is 5.26. The molecule has 0 saturated heterocycles. The van der Waals surface area contributed by atoms with Crippen molar-refractivity contribution >= 4 is 64.0 Å². The van der Waals surface area contributed by atoms with E-state index in [0.29, 0.717) is 26.4 Å². The summed E-state index contributed by atoms with van der Waals surface area (Å²) in [6.45, 7) is 0. The van der Waals surface area contributed by atoms with E-state index < -0.39 is 20.3 Å². The lowest BCUT2D eigenvalue weighted by Crippen LogP contribution is -2.33. The highest BCUT2D eigenvalue weighted by Gasteiger charge is 2.45. The molecule has 0 aromatic heterocycles. The second kappa shape index (κ2) is 12.6. The molecule has 0 aliphatic heterocycles. The fourth-order valence-corrected chi connectivity index (χ4v) is 23.1. The fourth-order valence-electron chi connectivity index (χ4n) is 5.56. The van der Waals surface area contributed by atoms with E-state index in [0.717, 1.165) is 10.6 Å². The molecule has 0 saturated carbocycles. The Morgan fingerprint density at radius 2 is 0.512 bits per heavy atom. The molecule has 0 bridgehead atoms. The number of hydrogen-bond donors (Lipinski definition) is 0. The van der Waals surface area contributed by atoms with Crippen molar-refractivity contribution in [2.24, 2.45) is 0 Å². The van der Waals surface area contributed by atoms with Crippen LogP contribution < -0.4 is 31.8 Å². The number of benzene rings is 6. The van der Waals surface area contributed by atoms with Gasteiger partial charge < -0.3 is 9.13 Å². The highest BCUT2D eigenvalue weighted by atomic mass is 32.4. The lowest BCUT2D eigenvalue weighted by molar-refractivity contribution is 0.584. The molecule has 0 heterocycles. The Morgan fingerprint density at radius 3 is 0.721 bits per heavy atom. The summed E-state index contributed by atoms with van der Waals surface area (Å²) >= 11 is 6.98. The molecule has 0 unspecified atom stereocenters. The first-order valence-corrected chi connectivity index (χ1v) is 20.2. The molecule has 6 rings (SSSR count). The van der Waals surface area contributed by atoms with Crippen LogP contribution in [-0.2, 0) is 20.9 Å². The first kappa shape index (κ1) is 29.5. The van der Waals surface area contributed by atoms with Crippen LogP contribution in [-0.4, -0.2) is 0 Å². The van der Waals surface area contributed by atoms with Crippen molar-refractivity contribution in [1.29, 1.82) is 0 Å². The minimum atomic E-state index is -3.84. The predicted molar refractivity (Wildman–Crippen MR) is 189 cm³/mol. The fraction of sp³-hybridized carbons (Fsp3) is 0. The Labute approximate surface area is 259 Å². The summed E-state index contributed by atoms with van der Waals surface area (Å²) < 4.78 is 33.3. The van der Waals surface area contributed by atoms with Gasteiger partial charge in [0.15, 0.2) is 0 Å². The molecule has 6 heteroatoms. The van der Waals surface area contributed by atoms with Crippen LogP contribution in [0, 0.1) is 5.14 Å². The third-order valence-corrected chi connectivity index (χ3v) is 23.2. The Kier molecular flexibility index (Phi) is 8.63. The minimum absolute atomic E-state index is 0.440. The van der Waals surface area contributed by atoms with Crippen molar-refractivity contribution in [3.8, 4) is 0 Å². The molecule has 0 aliphatic carbocycles. The summed E-state index contributed by atoms with van der Waals surface area (Å²) in [6, 6.07) is 54.5. The van der Waals surface area contributed by atoms with Gasteiger partial charge in [-0.05, 0) is 31.8 Å². The standard InChI is InChI=1S/C37H30O2P3S/c38-40(31-19-7-1-8-20-31,32-21-9-2-10-22-32)37(41(39,33-23-11-3-12-24-33)34-25-13-4-14-26-34)42(43,35-27-15-5-16-28-35)36-29-17-6-18-30-36/h1-30H/q-1. The van der Waals surface area contributed by atoms with E-state index in [1.165, 1.54) is 0 Å². The average molecular weight is 632 g/mol. The van der Waals surface area contributed by atoms with E-state index in [2.05, 4.69) is 0 Å². The average Bonchev–Trinajstić information content (AvgIpc) is 3.10. The molecular weight excluding hydrogens is 601 g/mol. The normalized spacial score (nSPS) is 12.2. The summed E-state index contributed by atoms with van der Waals surface area (Å²) in [6.07, 6.45) is 0. The molecule has 0 aliphatic rings. The van der Waals surface area contributed by atoms with Crippen LogP contribution in [0.2, 0.25) is 0 Å². The van der Waals surface area contributed by atoms with E-state index in [4.69, 9.17) is 11.8 Å². The van der Waals surface area contributed by atoms with E-state index in [1.807, 2.05) is 182 Å². The quantitative estimate of drug-likeness (QED) is 0.122. The molecule has 212 valence electrons. The van der Waals surface area contributed by atoms with Gasteiger partial charge in [0.05, 0.1) is 0 Å². The van der Waals surface area contributed by atoms with Crippen LogP contribution in [0.1, 0.15) is 0 Å². The Balaban J connectivity index is 1.86. The van der Waals surface area contributed by atoms with Gasteiger partial charge in [-0.2, -0.15) is 0 Å². The van der Waals surface area contributed by atoms with Crippen LogP contribution >= 0.6 is 20.3 Å². The molecule has 0 spiro atoms. The van der Waals surface area contributed by atoms with Gasteiger partial charge in [-0.1, -0.05) is 182 Å². The van der Waals surface area contributed by atoms with Gasteiger partial charge in [0.2, 0.25) is 0 Å². The lowest BCUT2D eigenvalue weighted by Gasteiger charge is -2.54. The van der Waals surface area contributed by atoms with Crippen molar-refractivity contribution in [2.45, 2.75) is 0 Å². The van der Waals surface area contributed by atoms with Crippen LogP contribution in [0.4, 0.5) is 0 Å². The molecule has 43 heavy (non-hydrogen) atoms. The largest absolute Gasteiger partial charge is 0.347 e. The highest BCUT2D eigenvalue weighted by molar-refractivity contribution is 8.32. The maximum atomic E-state index is 16.7.